The smallest absolute Gasteiger partial charge is 0.322 e. The summed E-state index contributed by atoms with van der Waals surface area (Å²) in [7, 11) is 3.29. The Bertz CT molecular complexity index is 1540. The van der Waals surface area contributed by atoms with E-state index < -0.39 is 17.5 Å². The number of aliphatic imine (C=N–C) groups is 1. The van der Waals surface area contributed by atoms with Crippen LogP contribution in [0.1, 0.15) is 34.2 Å². The molecule has 1 atom stereocenters. The van der Waals surface area contributed by atoms with Gasteiger partial charge in [0.2, 0.25) is 0 Å². The molecule has 2 saturated heterocycles. The third kappa shape index (κ3) is 4.24. The Hall–Kier alpha value is -4.45. The van der Waals surface area contributed by atoms with E-state index in [1.165, 1.54) is 12.0 Å². The van der Waals surface area contributed by atoms with Crippen molar-refractivity contribution in [2.24, 2.45) is 4.99 Å². The molecule has 12 nitrogen and oxygen atoms in total. The van der Waals surface area contributed by atoms with Crippen molar-refractivity contribution in [1.82, 2.24) is 30.3 Å². The number of amides is 4. The van der Waals surface area contributed by atoms with Gasteiger partial charge in [0.05, 0.1) is 13.7 Å². The van der Waals surface area contributed by atoms with Crippen LogP contribution in [0, 0.1) is 0 Å². The van der Waals surface area contributed by atoms with E-state index in [-0.39, 0.29) is 24.8 Å². The molecule has 208 valence electrons. The lowest BCUT2D eigenvalue weighted by Crippen LogP contribution is -2.52. The number of methoxy groups -OCH3 is 1. The van der Waals surface area contributed by atoms with Crippen LogP contribution in [0.2, 0.25) is 0 Å². The lowest BCUT2D eigenvalue weighted by atomic mass is 9.95. The molecule has 4 amide bonds. The zero-order valence-electron chi connectivity index (χ0n) is 22.7. The van der Waals surface area contributed by atoms with Crippen molar-refractivity contribution in [3.05, 3.63) is 59.0 Å². The molecular weight excluding hydrogens is 514 g/mol. The number of benzene rings is 1. The quantitative estimate of drug-likeness (QED) is 0.271. The fraction of sp³-hybridized carbons (Fsp3) is 0.393. The molecule has 0 spiro atoms. The first-order chi connectivity index (χ1) is 19.3. The van der Waals surface area contributed by atoms with Gasteiger partial charge in [0, 0.05) is 63.2 Å². The van der Waals surface area contributed by atoms with Crippen molar-refractivity contribution in [3.8, 4) is 5.75 Å². The summed E-state index contributed by atoms with van der Waals surface area (Å²) in [5.74, 6) is 0.731. The molecule has 2 aromatic heterocycles. The van der Waals surface area contributed by atoms with Gasteiger partial charge in [-0.25, -0.2) is 4.79 Å². The van der Waals surface area contributed by atoms with E-state index >= 15 is 0 Å². The van der Waals surface area contributed by atoms with Crippen LogP contribution in [-0.2, 0) is 16.9 Å². The summed E-state index contributed by atoms with van der Waals surface area (Å²) in [6.07, 6.45) is 1.74. The molecule has 1 unspecified atom stereocenters. The van der Waals surface area contributed by atoms with E-state index in [9.17, 15) is 14.4 Å². The normalized spacial score (nSPS) is 21.7. The van der Waals surface area contributed by atoms with Gasteiger partial charge < -0.3 is 29.2 Å². The molecule has 2 fully saturated rings. The zero-order chi connectivity index (χ0) is 28.0. The summed E-state index contributed by atoms with van der Waals surface area (Å²) in [5, 5.41) is 5.04. The average Bonchev–Trinajstić information content (AvgIpc) is 3.62. The largest absolute Gasteiger partial charge is 0.497 e. The Labute approximate surface area is 231 Å². The van der Waals surface area contributed by atoms with Crippen molar-refractivity contribution in [3.63, 3.8) is 0 Å². The van der Waals surface area contributed by atoms with Crippen LogP contribution in [0.5, 0.6) is 5.75 Å². The second-order valence-corrected chi connectivity index (χ2v) is 10.2. The van der Waals surface area contributed by atoms with Crippen LogP contribution >= 0.6 is 0 Å². The number of carbonyl (C=O) groups is 3. The number of hydrogen-bond acceptors (Lipinski definition) is 8. The SMILES string of the molecule is CCN1CCN(C(=NC)c2cnc3cc(C4(CN5Cc6ccc(OC)cc6C5=O)NC(=O)NC4=O)oc3c2)CC1. The molecule has 3 aromatic rings. The van der Waals surface area contributed by atoms with E-state index in [0.29, 0.717) is 22.4 Å². The number of urea groups is 1. The molecule has 2 N–H and O–H groups in total. The Morgan fingerprint density at radius 1 is 1.15 bits per heavy atom. The number of carbonyl (C=O) groups excluding carboxylic acids is 3. The first-order valence-corrected chi connectivity index (χ1v) is 13.3. The maximum atomic E-state index is 13.3. The summed E-state index contributed by atoms with van der Waals surface area (Å²) < 4.78 is 11.5. The minimum Gasteiger partial charge on any atom is -0.497 e. The van der Waals surface area contributed by atoms with Gasteiger partial charge in [-0.3, -0.25) is 24.9 Å². The Kier molecular flexibility index (Phi) is 6.41. The summed E-state index contributed by atoms with van der Waals surface area (Å²) in [6.45, 7) is 6.98. The van der Waals surface area contributed by atoms with Crippen LogP contribution in [-0.4, -0.2) is 96.8 Å². The van der Waals surface area contributed by atoms with E-state index in [0.717, 1.165) is 49.7 Å². The van der Waals surface area contributed by atoms with Gasteiger partial charge in [0.15, 0.2) is 11.1 Å². The maximum absolute atomic E-state index is 13.3. The molecule has 3 aliphatic heterocycles. The highest BCUT2D eigenvalue weighted by atomic mass is 16.5. The molecule has 0 bridgehead atoms. The number of pyridine rings is 1. The number of amidine groups is 1. The van der Waals surface area contributed by atoms with Crippen molar-refractivity contribution in [2.75, 3.05) is 53.4 Å². The number of likely N-dealkylation sites (N-methyl/N-ethyl adjacent to an activating group) is 1. The summed E-state index contributed by atoms with van der Waals surface area (Å²) in [6, 6.07) is 8.13. The monoisotopic (exact) mass is 545 g/mol. The van der Waals surface area contributed by atoms with Crippen LogP contribution in [0.15, 0.2) is 45.9 Å². The fourth-order valence-electron chi connectivity index (χ4n) is 5.71. The number of hydrogen-bond donors (Lipinski definition) is 2. The van der Waals surface area contributed by atoms with Crippen molar-refractivity contribution in [2.45, 2.75) is 19.0 Å². The number of piperazine rings is 1. The highest BCUT2D eigenvalue weighted by Crippen LogP contribution is 2.35. The van der Waals surface area contributed by atoms with Crippen LogP contribution in [0.4, 0.5) is 4.79 Å². The van der Waals surface area contributed by atoms with Gasteiger partial charge in [-0.05, 0) is 30.3 Å². The second kappa shape index (κ2) is 9.94. The molecular formula is C28H31N7O5. The topological polar surface area (TPSA) is 133 Å². The molecule has 0 radical (unpaired) electrons. The van der Waals surface area contributed by atoms with Gasteiger partial charge in [-0.2, -0.15) is 0 Å². The van der Waals surface area contributed by atoms with Crippen LogP contribution < -0.4 is 15.4 Å². The van der Waals surface area contributed by atoms with Crippen molar-refractivity contribution < 1.29 is 23.5 Å². The number of fused-ring (bicyclic) bond motifs is 2. The van der Waals surface area contributed by atoms with Gasteiger partial charge in [0.1, 0.15) is 22.9 Å². The molecule has 6 rings (SSSR count). The average molecular weight is 546 g/mol. The summed E-state index contributed by atoms with van der Waals surface area (Å²) in [4.78, 5) is 54.2. The number of ether oxygens (including phenoxy) is 1. The zero-order valence-corrected chi connectivity index (χ0v) is 22.7. The maximum Gasteiger partial charge on any atom is 0.322 e. The van der Waals surface area contributed by atoms with Crippen LogP contribution in [0.25, 0.3) is 11.1 Å². The van der Waals surface area contributed by atoms with Crippen molar-refractivity contribution >= 4 is 34.8 Å². The fourth-order valence-corrected chi connectivity index (χ4v) is 5.71. The molecule has 12 heteroatoms. The van der Waals surface area contributed by atoms with Gasteiger partial charge in [0.25, 0.3) is 11.8 Å². The standard InChI is InChI=1S/C28H31N7O5/c1-4-33-7-9-34(10-8-33)24(29-2)18-11-22-21(30-14-18)13-23(40-22)28(26(37)31-27(38)32-28)16-35-15-17-5-6-19(39-3)12-20(17)25(35)36/h5-6,11-14H,4,7-10,15-16H2,1-3H3,(H2,31,32,37,38). The predicted molar refractivity (Wildman–Crippen MR) is 146 cm³/mol. The van der Waals surface area contributed by atoms with E-state index in [4.69, 9.17) is 9.15 Å². The van der Waals surface area contributed by atoms with E-state index in [2.05, 4.69) is 37.3 Å². The van der Waals surface area contributed by atoms with Crippen molar-refractivity contribution in [1.29, 1.82) is 0 Å². The third-order valence-corrected chi connectivity index (χ3v) is 7.94. The lowest BCUT2D eigenvalue weighted by molar-refractivity contribution is -0.125. The first kappa shape index (κ1) is 25.8. The minimum absolute atomic E-state index is 0.115. The Morgan fingerprint density at radius 2 is 1.95 bits per heavy atom. The number of aromatic nitrogens is 1. The van der Waals surface area contributed by atoms with E-state index in [1.54, 1.807) is 31.4 Å². The number of nitrogens with one attached hydrogen (secondary N) is 2. The minimum atomic E-state index is -1.61. The van der Waals surface area contributed by atoms with Crippen LogP contribution in [0.3, 0.4) is 0 Å². The number of imide groups is 1. The van der Waals surface area contributed by atoms with Gasteiger partial charge >= 0.3 is 6.03 Å². The van der Waals surface area contributed by atoms with Gasteiger partial charge in [-0.15, -0.1) is 0 Å². The third-order valence-electron chi connectivity index (χ3n) is 7.94. The molecule has 1 aromatic carbocycles. The molecule has 5 heterocycles. The molecule has 0 aliphatic carbocycles. The number of rotatable bonds is 6. The van der Waals surface area contributed by atoms with Gasteiger partial charge in [-0.1, -0.05) is 13.0 Å². The Morgan fingerprint density at radius 3 is 2.62 bits per heavy atom. The molecule has 40 heavy (non-hydrogen) atoms. The Balaban J connectivity index is 1.31. The number of furan rings is 1. The summed E-state index contributed by atoms with van der Waals surface area (Å²) in [5.41, 5.74) is 1.48. The lowest BCUT2D eigenvalue weighted by Gasteiger charge is -2.35. The molecule has 3 aliphatic rings. The number of nitrogens with zero attached hydrogens (tertiary/aromatic N) is 5. The predicted octanol–water partition coefficient (Wildman–Crippen LogP) is 1.54. The molecule has 0 saturated carbocycles. The second-order valence-electron chi connectivity index (χ2n) is 10.2. The highest BCUT2D eigenvalue weighted by molar-refractivity contribution is 6.08. The summed E-state index contributed by atoms with van der Waals surface area (Å²) >= 11 is 0. The highest BCUT2D eigenvalue weighted by Gasteiger charge is 2.53. The first-order valence-electron chi connectivity index (χ1n) is 13.3. The van der Waals surface area contributed by atoms with E-state index in [1.807, 2.05) is 12.1 Å².